The van der Waals surface area contributed by atoms with Crippen LogP contribution >= 0.6 is 11.6 Å². The molecule has 0 spiro atoms. The Hall–Kier alpha value is -1.96. The molecular weight excluding hydrogens is 391 g/mol. The summed E-state index contributed by atoms with van der Waals surface area (Å²) in [5, 5.41) is 3.16. The zero-order valence-corrected chi connectivity index (χ0v) is 16.9. The molecule has 0 radical (unpaired) electrons. The third-order valence-electron chi connectivity index (χ3n) is 3.56. The number of hydrogen-bond acceptors (Lipinski definition) is 3. The van der Waals surface area contributed by atoms with Crippen molar-refractivity contribution >= 4 is 27.5 Å². The number of amides is 1. The summed E-state index contributed by atoms with van der Waals surface area (Å²) in [7, 11) is -3.96. The summed E-state index contributed by atoms with van der Waals surface area (Å²) in [6.07, 6.45) is 0. The number of carbonyl (C=O) groups is 1. The summed E-state index contributed by atoms with van der Waals surface area (Å²) in [5.41, 5.74) is 0.0698. The molecule has 0 saturated heterocycles. The van der Waals surface area contributed by atoms with Crippen LogP contribution in [0.15, 0.2) is 53.4 Å². The van der Waals surface area contributed by atoms with Gasteiger partial charge in [0.25, 0.3) is 0 Å². The van der Waals surface area contributed by atoms with Crippen LogP contribution in [0.4, 0.5) is 4.39 Å². The van der Waals surface area contributed by atoms with E-state index in [1.165, 1.54) is 48.5 Å². The number of benzene rings is 2. The van der Waals surface area contributed by atoms with Gasteiger partial charge in [-0.2, -0.15) is 4.31 Å². The van der Waals surface area contributed by atoms with Crippen molar-refractivity contribution in [3.05, 3.63) is 64.9 Å². The minimum absolute atomic E-state index is 0.0255. The van der Waals surface area contributed by atoms with Crippen LogP contribution in [0.3, 0.4) is 0 Å². The van der Waals surface area contributed by atoms with E-state index >= 15 is 0 Å². The molecule has 0 aliphatic heterocycles. The van der Waals surface area contributed by atoms with Crippen molar-refractivity contribution < 1.29 is 17.6 Å². The average Bonchev–Trinajstić information content (AvgIpc) is 2.55. The van der Waals surface area contributed by atoms with Crippen molar-refractivity contribution in [2.75, 3.05) is 6.54 Å². The summed E-state index contributed by atoms with van der Waals surface area (Å²) in [6.45, 7) is 5.00. The van der Waals surface area contributed by atoms with Crippen molar-refractivity contribution in [1.82, 2.24) is 9.62 Å². The first-order valence-electron chi connectivity index (χ1n) is 8.28. The number of sulfonamides is 1. The molecule has 5 nitrogen and oxygen atoms in total. The molecule has 1 N–H and O–H groups in total. The topological polar surface area (TPSA) is 66.5 Å². The van der Waals surface area contributed by atoms with E-state index in [4.69, 9.17) is 11.6 Å². The molecule has 0 aliphatic carbocycles. The van der Waals surface area contributed by atoms with Gasteiger partial charge in [-0.1, -0.05) is 23.7 Å². The van der Waals surface area contributed by atoms with Gasteiger partial charge in [-0.25, -0.2) is 12.8 Å². The van der Waals surface area contributed by atoms with Crippen LogP contribution in [0.25, 0.3) is 0 Å². The zero-order valence-electron chi connectivity index (χ0n) is 15.4. The summed E-state index contributed by atoms with van der Waals surface area (Å²) in [5.74, 6) is -0.849. The molecule has 2 aromatic carbocycles. The van der Waals surface area contributed by atoms with E-state index in [0.29, 0.717) is 10.6 Å². The molecule has 2 rings (SSSR count). The summed E-state index contributed by atoms with van der Waals surface area (Å²) in [6, 6.07) is 11.2. The second-order valence-electron chi connectivity index (χ2n) is 7.15. The minimum Gasteiger partial charge on any atom is -0.350 e. The SMILES string of the molecule is CC(C)(C)NC(=O)CN(Cc1ccc(F)cc1)S(=O)(=O)c1ccc(Cl)cc1. The van der Waals surface area contributed by atoms with E-state index in [-0.39, 0.29) is 18.0 Å². The van der Waals surface area contributed by atoms with Gasteiger partial charge in [0.05, 0.1) is 11.4 Å². The minimum atomic E-state index is -3.96. The number of rotatable bonds is 6. The van der Waals surface area contributed by atoms with E-state index in [1.807, 2.05) is 20.8 Å². The predicted molar refractivity (Wildman–Crippen MR) is 103 cm³/mol. The van der Waals surface area contributed by atoms with E-state index in [1.54, 1.807) is 0 Å². The quantitative estimate of drug-likeness (QED) is 0.788. The predicted octanol–water partition coefficient (Wildman–Crippen LogP) is 3.58. The highest BCUT2D eigenvalue weighted by atomic mass is 35.5. The van der Waals surface area contributed by atoms with Crippen LogP contribution in [0, 0.1) is 5.82 Å². The first-order valence-corrected chi connectivity index (χ1v) is 10.1. The van der Waals surface area contributed by atoms with Gasteiger partial charge in [0.1, 0.15) is 5.82 Å². The third-order valence-corrected chi connectivity index (χ3v) is 5.62. The zero-order chi connectivity index (χ0) is 20.2. The van der Waals surface area contributed by atoms with E-state index < -0.39 is 27.3 Å². The third kappa shape index (κ3) is 6.30. The van der Waals surface area contributed by atoms with Crippen LogP contribution in [-0.4, -0.2) is 30.7 Å². The van der Waals surface area contributed by atoms with Gasteiger partial charge in [-0.15, -0.1) is 0 Å². The smallest absolute Gasteiger partial charge is 0.243 e. The van der Waals surface area contributed by atoms with Crippen LogP contribution in [0.2, 0.25) is 5.02 Å². The molecule has 0 unspecified atom stereocenters. The first kappa shape index (κ1) is 21.3. The molecule has 27 heavy (non-hydrogen) atoms. The van der Waals surface area contributed by atoms with Gasteiger partial charge in [0.15, 0.2) is 0 Å². The highest BCUT2D eigenvalue weighted by molar-refractivity contribution is 7.89. The summed E-state index contributed by atoms with van der Waals surface area (Å²) < 4.78 is 40.3. The Labute approximate surface area is 164 Å². The highest BCUT2D eigenvalue weighted by Crippen LogP contribution is 2.21. The Balaban J connectivity index is 2.34. The standard InChI is InChI=1S/C19H22ClFN2O3S/c1-19(2,3)22-18(24)13-23(12-14-4-8-16(21)9-5-14)27(25,26)17-10-6-15(20)7-11-17/h4-11H,12-13H2,1-3H3,(H,22,24). The lowest BCUT2D eigenvalue weighted by Crippen LogP contribution is -2.47. The fourth-order valence-corrected chi connectivity index (χ4v) is 3.90. The molecule has 0 fully saturated rings. The second-order valence-corrected chi connectivity index (χ2v) is 9.53. The van der Waals surface area contributed by atoms with Crippen molar-refractivity contribution in [3.8, 4) is 0 Å². The fourth-order valence-electron chi connectivity index (χ4n) is 2.39. The molecule has 0 aromatic heterocycles. The van der Waals surface area contributed by atoms with Crippen LogP contribution in [0.1, 0.15) is 26.3 Å². The maximum Gasteiger partial charge on any atom is 0.243 e. The van der Waals surface area contributed by atoms with E-state index in [0.717, 1.165) is 4.31 Å². The number of nitrogens with one attached hydrogen (secondary N) is 1. The molecule has 0 heterocycles. The van der Waals surface area contributed by atoms with Crippen LogP contribution < -0.4 is 5.32 Å². The highest BCUT2D eigenvalue weighted by Gasteiger charge is 2.28. The van der Waals surface area contributed by atoms with Crippen LogP contribution in [0.5, 0.6) is 0 Å². The fraction of sp³-hybridized carbons (Fsp3) is 0.316. The van der Waals surface area contributed by atoms with Gasteiger partial charge in [-0.3, -0.25) is 4.79 Å². The molecule has 1 amide bonds. The lowest BCUT2D eigenvalue weighted by atomic mass is 10.1. The number of halogens is 2. The Morgan fingerprint density at radius 2 is 1.63 bits per heavy atom. The van der Waals surface area contributed by atoms with Crippen molar-refractivity contribution in [3.63, 3.8) is 0 Å². The molecule has 0 aliphatic rings. The van der Waals surface area contributed by atoms with Gasteiger partial charge in [0, 0.05) is 17.1 Å². The summed E-state index contributed by atoms with van der Waals surface area (Å²) in [4.78, 5) is 12.4. The first-order chi connectivity index (χ1) is 12.5. The Morgan fingerprint density at radius 3 is 2.15 bits per heavy atom. The van der Waals surface area contributed by atoms with Crippen molar-refractivity contribution in [2.24, 2.45) is 0 Å². The summed E-state index contributed by atoms with van der Waals surface area (Å²) >= 11 is 5.83. The Kier molecular flexibility index (Phi) is 6.62. The molecule has 146 valence electrons. The molecule has 0 saturated carbocycles. The molecule has 0 bridgehead atoms. The Morgan fingerprint density at radius 1 is 1.07 bits per heavy atom. The number of nitrogens with zero attached hydrogens (tertiary/aromatic N) is 1. The monoisotopic (exact) mass is 412 g/mol. The van der Waals surface area contributed by atoms with Crippen molar-refractivity contribution in [2.45, 2.75) is 37.8 Å². The van der Waals surface area contributed by atoms with Gasteiger partial charge in [0.2, 0.25) is 15.9 Å². The van der Waals surface area contributed by atoms with E-state index in [2.05, 4.69) is 5.32 Å². The van der Waals surface area contributed by atoms with Gasteiger partial charge >= 0.3 is 0 Å². The lowest BCUT2D eigenvalue weighted by Gasteiger charge is -2.25. The van der Waals surface area contributed by atoms with Crippen LogP contribution in [-0.2, 0) is 21.4 Å². The average molecular weight is 413 g/mol. The van der Waals surface area contributed by atoms with Crippen molar-refractivity contribution in [1.29, 1.82) is 0 Å². The molecule has 0 atom stereocenters. The maximum atomic E-state index is 13.1. The van der Waals surface area contributed by atoms with Gasteiger partial charge < -0.3 is 5.32 Å². The maximum absolute atomic E-state index is 13.1. The second kappa shape index (κ2) is 8.37. The Bertz CT molecular complexity index is 892. The number of carbonyl (C=O) groups excluding carboxylic acids is 1. The molecule has 8 heteroatoms. The van der Waals surface area contributed by atoms with E-state index in [9.17, 15) is 17.6 Å². The largest absolute Gasteiger partial charge is 0.350 e. The normalized spacial score (nSPS) is 12.2. The molecule has 2 aromatic rings. The molecular formula is C19H22ClFN2O3S. The number of hydrogen-bond donors (Lipinski definition) is 1. The lowest BCUT2D eigenvalue weighted by molar-refractivity contribution is -0.122. The van der Waals surface area contributed by atoms with Gasteiger partial charge in [-0.05, 0) is 62.7 Å².